The van der Waals surface area contributed by atoms with E-state index in [0.29, 0.717) is 25.3 Å². The zero-order chi connectivity index (χ0) is 23.3. The summed E-state index contributed by atoms with van der Waals surface area (Å²) in [7, 11) is 1.59. The van der Waals surface area contributed by atoms with Gasteiger partial charge in [-0.1, -0.05) is 33.8 Å². The first kappa shape index (κ1) is 24.7. The minimum atomic E-state index is -0.649. The van der Waals surface area contributed by atoms with E-state index >= 15 is 0 Å². The molecule has 1 amide bonds. The van der Waals surface area contributed by atoms with Gasteiger partial charge in [-0.05, 0) is 51.9 Å². The van der Waals surface area contributed by atoms with E-state index in [2.05, 4.69) is 20.9 Å². The Labute approximate surface area is 190 Å². The summed E-state index contributed by atoms with van der Waals surface area (Å²) in [5.41, 5.74) is 6.01. The lowest BCUT2D eigenvalue weighted by atomic mass is 10.1. The number of H-pyrrole nitrogens is 1. The van der Waals surface area contributed by atoms with Crippen molar-refractivity contribution in [3.05, 3.63) is 49.1 Å². The second-order valence-corrected chi connectivity index (χ2v) is 9.22. The number of carbonyl (C=O) groups excluding carboxylic acids is 1. The van der Waals surface area contributed by atoms with Crippen LogP contribution in [0.5, 0.6) is 5.75 Å². The molecule has 3 N–H and O–H groups in total. The molecule has 0 aliphatic heterocycles. The van der Waals surface area contributed by atoms with E-state index < -0.39 is 11.2 Å². The van der Waals surface area contributed by atoms with E-state index in [0.717, 1.165) is 10.0 Å². The predicted molar refractivity (Wildman–Crippen MR) is 127 cm³/mol. The molecule has 1 aromatic heterocycles. The standard InChI is InChI=1S/C22H31BrN4O4/c1-13(2)11-26(18(28)9-7-15-6-8-17(31-5)16(23)10-15)19-20(24)27(12-14(3)4)22(30)25-21(19)29/h6,8,10,13-14H,7,9,11-12,24H2,1-5H3,(H,25,29,30). The fourth-order valence-corrected chi connectivity index (χ4v) is 3.91. The summed E-state index contributed by atoms with van der Waals surface area (Å²) in [5.74, 6) is 0.740. The van der Waals surface area contributed by atoms with Gasteiger partial charge < -0.3 is 15.4 Å². The molecule has 0 aliphatic carbocycles. The van der Waals surface area contributed by atoms with Crippen molar-refractivity contribution >= 4 is 33.3 Å². The molecule has 0 aliphatic rings. The molecular formula is C22H31BrN4O4. The van der Waals surface area contributed by atoms with Gasteiger partial charge in [-0.15, -0.1) is 0 Å². The minimum Gasteiger partial charge on any atom is -0.496 e. The van der Waals surface area contributed by atoms with Gasteiger partial charge in [0, 0.05) is 19.5 Å². The second-order valence-electron chi connectivity index (χ2n) is 8.36. The van der Waals surface area contributed by atoms with Crippen molar-refractivity contribution in [3.8, 4) is 5.75 Å². The molecule has 1 aromatic carbocycles. The molecule has 0 spiro atoms. The number of aromatic amines is 1. The van der Waals surface area contributed by atoms with Crippen LogP contribution >= 0.6 is 15.9 Å². The van der Waals surface area contributed by atoms with E-state index in [4.69, 9.17) is 10.5 Å². The van der Waals surface area contributed by atoms with E-state index in [1.54, 1.807) is 7.11 Å². The Morgan fingerprint density at radius 3 is 2.45 bits per heavy atom. The first-order valence-corrected chi connectivity index (χ1v) is 11.1. The molecule has 31 heavy (non-hydrogen) atoms. The predicted octanol–water partition coefficient (Wildman–Crippen LogP) is 3.17. The highest BCUT2D eigenvalue weighted by Gasteiger charge is 2.25. The molecule has 8 nitrogen and oxygen atoms in total. The Balaban J connectivity index is 2.37. The lowest BCUT2D eigenvalue weighted by Gasteiger charge is -2.26. The van der Waals surface area contributed by atoms with Crippen LogP contribution in [-0.4, -0.2) is 29.1 Å². The fraction of sp³-hybridized carbons (Fsp3) is 0.500. The van der Waals surface area contributed by atoms with Gasteiger partial charge in [0.25, 0.3) is 5.56 Å². The monoisotopic (exact) mass is 494 g/mol. The fourth-order valence-electron chi connectivity index (χ4n) is 3.32. The third-order valence-corrected chi connectivity index (χ3v) is 5.34. The number of ether oxygens (including phenoxy) is 1. The van der Waals surface area contributed by atoms with Crippen molar-refractivity contribution in [2.24, 2.45) is 11.8 Å². The topological polar surface area (TPSA) is 110 Å². The molecule has 0 bridgehead atoms. The number of aromatic nitrogens is 2. The van der Waals surface area contributed by atoms with Crippen LogP contribution in [0.15, 0.2) is 32.3 Å². The molecule has 170 valence electrons. The average molecular weight is 495 g/mol. The highest BCUT2D eigenvalue weighted by atomic mass is 79.9. The van der Waals surface area contributed by atoms with Crippen LogP contribution in [0.4, 0.5) is 11.5 Å². The number of amides is 1. The van der Waals surface area contributed by atoms with Gasteiger partial charge in [-0.25, -0.2) is 4.79 Å². The first-order valence-electron chi connectivity index (χ1n) is 10.3. The number of nitrogen functional groups attached to an aromatic ring is 1. The van der Waals surface area contributed by atoms with Gasteiger partial charge in [0.05, 0.1) is 11.6 Å². The van der Waals surface area contributed by atoms with E-state index in [9.17, 15) is 14.4 Å². The lowest BCUT2D eigenvalue weighted by molar-refractivity contribution is -0.118. The van der Waals surface area contributed by atoms with Gasteiger partial charge in [0.2, 0.25) is 5.91 Å². The number of nitrogens with zero attached hydrogens (tertiary/aromatic N) is 2. The molecule has 0 radical (unpaired) electrons. The maximum atomic E-state index is 13.2. The number of methoxy groups -OCH3 is 1. The van der Waals surface area contributed by atoms with E-state index in [1.165, 1.54) is 9.47 Å². The van der Waals surface area contributed by atoms with Crippen LogP contribution in [0.1, 0.15) is 39.7 Å². The summed E-state index contributed by atoms with van der Waals surface area (Å²) in [4.78, 5) is 41.8. The molecule has 1 heterocycles. The van der Waals surface area contributed by atoms with Crippen molar-refractivity contribution in [2.45, 2.75) is 47.1 Å². The molecule has 0 atom stereocenters. The molecule has 2 rings (SSSR count). The van der Waals surface area contributed by atoms with Crippen molar-refractivity contribution < 1.29 is 9.53 Å². The summed E-state index contributed by atoms with van der Waals surface area (Å²) < 4.78 is 7.37. The number of halogens is 1. The summed E-state index contributed by atoms with van der Waals surface area (Å²) in [6.07, 6.45) is 0.674. The van der Waals surface area contributed by atoms with Gasteiger partial charge in [-0.2, -0.15) is 0 Å². The van der Waals surface area contributed by atoms with Crippen molar-refractivity contribution in [3.63, 3.8) is 0 Å². The highest BCUT2D eigenvalue weighted by Crippen LogP contribution is 2.26. The van der Waals surface area contributed by atoms with E-state index in [1.807, 2.05) is 45.9 Å². The Morgan fingerprint density at radius 2 is 1.90 bits per heavy atom. The number of aryl methyl sites for hydroxylation is 1. The SMILES string of the molecule is COc1ccc(CCC(=O)N(CC(C)C)c2c(N)n(CC(C)C)c(=O)[nH]c2=O)cc1Br. The highest BCUT2D eigenvalue weighted by molar-refractivity contribution is 9.10. The van der Waals surface area contributed by atoms with Gasteiger partial charge in [-0.3, -0.25) is 19.1 Å². The third kappa shape index (κ3) is 6.22. The summed E-state index contributed by atoms with van der Waals surface area (Å²) in [5, 5.41) is 0. The normalized spacial score (nSPS) is 11.2. The Morgan fingerprint density at radius 1 is 1.23 bits per heavy atom. The first-order chi connectivity index (χ1) is 14.5. The number of anilines is 2. The zero-order valence-corrected chi connectivity index (χ0v) is 20.3. The number of benzene rings is 1. The molecule has 0 unspecified atom stereocenters. The Hall–Kier alpha value is -2.55. The number of nitrogens with one attached hydrogen (secondary N) is 1. The van der Waals surface area contributed by atoms with Crippen molar-refractivity contribution in [2.75, 3.05) is 24.3 Å². The largest absolute Gasteiger partial charge is 0.496 e. The summed E-state index contributed by atoms with van der Waals surface area (Å²) in [6.45, 7) is 8.46. The summed E-state index contributed by atoms with van der Waals surface area (Å²) >= 11 is 3.45. The van der Waals surface area contributed by atoms with Crippen molar-refractivity contribution in [1.82, 2.24) is 9.55 Å². The minimum absolute atomic E-state index is 0.0173. The molecule has 0 saturated heterocycles. The van der Waals surface area contributed by atoms with Crippen LogP contribution in [0.25, 0.3) is 0 Å². The Bertz CT molecular complexity index is 1040. The average Bonchev–Trinajstić information content (AvgIpc) is 2.68. The molecule has 0 saturated carbocycles. The lowest BCUT2D eigenvalue weighted by Crippen LogP contribution is -2.43. The summed E-state index contributed by atoms with van der Waals surface area (Å²) in [6, 6.07) is 5.64. The smallest absolute Gasteiger partial charge is 0.330 e. The molecule has 9 heteroatoms. The number of hydrogen-bond acceptors (Lipinski definition) is 5. The molecule has 0 fully saturated rings. The van der Waals surface area contributed by atoms with Crippen LogP contribution in [0.3, 0.4) is 0 Å². The maximum Gasteiger partial charge on any atom is 0.330 e. The van der Waals surface area contributed by atoms with Gasteiger partial charge in [0.1, 0.15) is 11.6 Å². The Kier molecular flexibility index (Phi) is 8.50. The van der Waals surface area contributed by atoms with Crippen LogP contribution < -0.4 is 26.6 Å². The van der Waals surface area contributed by atoms with Crippen LogP contribution in [0.2, 0.25) is 0 Å². The number of nitrogens with two attached hydrogens (primary N) is 1. The van der Waals surface area contributed by atoms with Gasteiger partial charge >= 0.3 is 5.69 Å². The zero-order valence-electron chi connectivity index (χ0n) is 18.7. The maximum absolute atomic E-state index is 13.2. The van der Waals surface area contributed by atoms with E-state index in [-0.39, 0.29) is 35.7 Å². The molecule has 2 aromatic rings. The number of rotatable bonds is 9. The number of carbonyl (C=O) groups is 1. The van der Waals surface area contributed by atoms with Crippen molar-refractivity contribution in [1.29, 1.82) is 0 Å². The van der Waals surface area contributed by atoms with Gasteiger partial charge in [0.15, 0.2) is 5.69 Å². The third-order valence-electron chi connectivity index (χ3n) is 4.72. The van der Waals surface area contributed by atoms with Crippen LogP contribution in [0, 0.1) is 11.8 Å². The number of hydrogen-bond donors (Lipinski definition) is 2. The molecular weight excluding hydrogens is 464 g/mol. The van der Waals surface area contributed by atoms with Crippen LogP contribution in [-0.2, 0) is 17.8 Å². The second kappa shape index (κ2) is 10.7. The quantitative estimate of drug-likeness (QED) is 0.555.